The lowest BCUT2D eigenvalue weighted by Gasteiger charge is -2.32. The van der Waals surface area contributed by atoms with Crippen LogP contribution in [0.2, 0.25) is 0 Å². The summed E-state index contributed by atoms with van der Waals surface area (Å²) < 4.78 is 7.88. The van der Waals surface area contributed by atoms with E-state index in [1.165, 1.54) is 0 Å². The summed E-state index contributed by atoms with van der Waals surface area (Å²) >= 11 is 0. The molecule has 1 saturated heterocycles. The monoisotopic (exact) mass is 336 g/mol. The van der Waals surface area contributed by atoms with Crippen LogP contribution >= 0.6 is 0 Å². The predicted octanol–water partition coefficient (Wildman–Crippen LogP) is 2.72. The lowest BCUT2D eigenvalue weighted by Crippen LogP contribution is -2.44. The molecular weight excluding hydrogens is 316 g/mol. The first kappa shape index (κ1) is 15.6. The number of rotatable bonds is 3. The molecule has 0 N–H and O–H groups in total. The molecule has 1 amide bonds. The lowest BCUT2D eigenvalue weighted by molar-refractivity contribution is 0.0525. The van der Waals surface area contributed by atoms with Crippen molar-refractivity contribution >= 4 is 11.4 Å². The van der Waals surface area contributed by atoms with Gasteiger partial charge in [0, 0.05) is 30.5 Å². The molecule has 4 heterocycles. The average Bonchev–Trinajstić information content (AvgIpc) is 3.07. The fourth-order valence-corrected chi connectivity index (χ4v) is 3.19. The Balaban J connectivity index is 1.46. The van der Waals surface area contributed by atoms with Gasteiger partial charge in [-0.3, -0.25) is 4.79 Å². The first-order chi connectivity index (χ1) is 12.2. The molecule has 3 aromatic heterocycles. The number of hydrogen-bond donors (Lipinski definition) is 0. The predicted molar refractivity (Wildman–Crippen MR) is 93.7 cm³/mol. The van der Waals surface area contributed by atoms with Crippen molar-refractivity contribution in [3.63, 3.8) is 0 Å². The smallest absolute Gasteiger partial charge is 0.255 e. The van der Waals surface area contributed by atoms with E-state index < -0.39 is 0 Å². The van der Waals surface area contributed by atoms with Crippen molar-refractivity contribution in [2.24, 2.45) is 0 Å². The van der Waals surface area contributed by atoms with Crippen LogP contribution < -0.4 is 4.74 Å². The third kappa shape index (κ3) is 3.33. The second-order valence-electron chi connectivity index (χ2n) is 6.41. The second kappa shape index (κ2) is 6.55. The fraction of sp³-hybridized carbons (Fsp3) is 0.316. The topological polar surface area (TPSA) is 59.7 Å². The molecule has 0 aromatic carbocycles. The van der Waals surface area contributed by atoms with Crippen LogP contribution in [0.3, 0.4) is 0 Å². The molecule has 0 aliphatic carbocycles. The normalized spacial score (nSPS) is 17.6. The Morgan fingerprint density at radius 1 is 1.24 bits per heavy atom. The summed E-state index contributed by atoms with van der Waals surface area (Å²) in [6.07, 6.45) is 5.62. The van der Waals surface area contributed by atoms with Gasteiger partial charge in [-0.15, -0.1) is 5.10 Å². The number of carbonyl (C=O) groups excluding carboxylic acids is 1. The molecule has 4 rings (SSSR count). The minimum absolute atomic E-state index is 0.0481. The number of piperidine rings is 1. The maximum atomic E-state index is 12.8. The highest BCUT2D eigenvalue weighted by Gasteiger charge is 2.26. The van der Waals surface area contributed by atoms with E-state index in [-0.39, 0.29) is 12.0 Å². The number of fused-ring (bicyclic) bond motifs is 1. The van der Waals surface area contributed by atoms with Gasteiger partial charge in [0.05, 0.1) is 17.8 Å². The van der Waals surface area contributed by atoms with Gasteiger partial charge in [-0.2, -0.15) is 5.10 Å². The van der Waals surface area contributed by atoms with E-state index in [4.69, 9.17) is 4.74 Å². The quantitative estimate of drug-likeness (QED) is 0.738. The largest absolute Gasteiger partial charge is 0.471 e. The molecule has 3 aromatic rings. The third-order valence-electron chi connectivity index (χ3n) is 4.48. The number of ether oxygens (including phenoxy) is 1. The summed E-state index contributed by atoms with van der Waals surface area (Å²) in [6.45, 7) is 3.21. The Bertz CT molecular complexity index is 855. The van der Waals surface area contributed by atoms with Crippen molar-refractivity contribution in [2.75, 3.05) is 13.1 Å². The van der Waals surface area contributed by atoms with Crippen LogP contribution in [0, 0.1) is 6.92 Å². The lowest BCUT2D eigenvalue weighted by atomic mass is 10.1. The molecule has 1 aliphatic heterocycles. The standard InChI is InChI=1S/C19H20N4O2/c1-14-7-8-18(21-20-14)25-17-6-4-10-23(13-17)19(24)15-11-16-5-2-3-9-22(16)12-15/h2-3,5,7-9,11-12,17H,4,6,10,13H2,1H3. The summed E-state index contributed by atoms with van der Waals surface area (Å²) in [5.74, 6) is 0.562. The Morgan fingerprint density at radius 2 is 2.16 bits per heavy atom. The van der Waals surface area contributed by atoms with Crippen LogP contribution in [0.15, 0.2) is 48.8 Å². The summed E-state index contributed by atoms with van der Waals surface area (Å²) in [6, 6.07) is 11.5. The Labute approximate surface area is 146 Å². The van der Waals surface area contributed by atoms with E-state index >= 15 is 0 Å². The van der Waals surface area contributed by atoms with Gasteiger partial charge in [0.15, 0.2) is 0 Å². The minimum Gasteiger partial charge on any atom is -0.471 e. The highest BCUT2D eigenvalue weighted by Crippen LogP contribution is 2.19. The van der Waals surface area contributed by atoms with E-state index in [2.05, 4.69) is 10.2 Å². The molecule has 6 nitrogen and oxygen atoms in total. The molecule has 128 valence electrons. The fourth-order valence-electron chi connectivity index (χ4n) is 3.19. The van der Waals surface area contributed by atoms with Gasteiger partial charge in [-0.05, 0) is 44.0 Å². The van der Waals surface area contributed by atoms with E-state index in [1.54, 1.807) is 0 Å². The molecule has 1 unspecified atom stereocenters. The maximum absolute atomic E-state index is 12.8. The van der Waals surface area contributed by atoms with Crippen molar-refractivity contribution in [2.45, 2.75) is 25.9 Å². The Kier molecular flexibility index (Phi) is 4.09. The molecule has 0 spiro atoms. The Morgan fingerprint density at radius 3 is 2.96 bits per heavy atom. The van der Waals surface area contributed by atoms with Crippen LogP contribution in [-0.4, -0.2) is 44.6 Å². The molecule has 0 saturated carbocycles. The van der Waals surface area contributed by atoms with Crippen molar-refractivity contribution in [3.05, 3.63) is 60.0 Å². The molecule has 1 fully saturated rings. The third-order valence-corrected chi connectivity index (χ3v) is 4.48. The van der Waals surface area contributed by atoms with Crippen molar-refractivity contribution < 1.29 is 9.53 Å². The Hall–Kier alpha value is -2.89. The van der Waals surface area contributed by atoms with E-state index in [9.17, 15) is 4.79 Å². The molecule has 6 heteroatoms. The summed E-state index contributed by atoms with van der Waals surface area (Å²) in [4.78, 5) is 14.7. The zero-order valence-electron chi connectivity index (χ0n) is 14.1. The molecular formula is C19H20N4O2. The highest BCUT2D eigenvalue weighted by atomic mass is 16.5. The van der Waals surface area contributed by atoms with Crippen molar-refractivity contribution in [3.8, 4) is 5.88 Å². The van der Waals surface area contributed by atoms with Crippen LogP contribution in [0.5, 0.6) is 5.88 Å². The summed E-state index contributed by atoms with van der Waals surface area (Å²) in [7, 11) is 0. The number of nitrogens with zero attached hydrogens (tertiary/aromatic N) is 4. The van der Waals surface area contributed by atoms with E-state index in [0.29, 0.717) is 18.0 Å². The van der Waals surface area contributed by atoms with Crippen LogP contribution in [0.1, 0.15) is 28.9 Å². The SMILES string of the molecule is Cc1ccc(OC2CCCN(C(=O)c3cc4ccccn4c3)C2)nn1. The number of carbonyl (C=O) groups is 1. The number of aryl methyl sites for hydroxylation is 1. The van der Waals surface area contributed by atoms with Gasteiger partial charge in [0.25, 0.3) is 5.91 Å². The summed E-state index contributed by atoms with van der Waals surface area (Å²) in [5, 5.41) is 8.06. The maximum Gasteiger partial charge on any atom is 0.255 e. The average molecular weight is 336 g/mol. The van der Waals surface area contributed by atoms with Crippen LogP contribution in [-0.2, 0) is 0 Å². The number of likely N-dealkylation sites (tertiary alicyclic amines) is 1. The zero-order valence-corrected chi connectivity index (χ0v) is 14.1. The van der Waals surface area contributed by atoms with Crippen LogP contribution in [0.25, 0.3) is 5.52 Å². The highest BCUT2D eigenvalue weighted by molar-refractivity contribution is 5.95. The number of aromatic nitrogens is 3. The van der Waals surface area contributed by atoms with Gasteiger partial charge < -0.3 is 14.0 Å². The van der Waals surface area contributed by atoms with Gasteiger partial charge in [0.2, 0.25) is 5.88 Å². The van der Waals surface area contributed by atoms with Crippen molar-refractivity contribution in [1.29, 1.82) is 0 Å². The van der Waals surface area contributed by atoms with Gasteiger partial charge in [0.1, 0.15) is 6.10 Å². The molecule has 25 heavy (non-hydrogen) atoms. The summed E-state index contributed by atoms with van der Waals surface area (Å²) in [5.41, 5.74) is 2.58. The molecule has 0 bridgehead atoms. The number of pyridine rings is 1. The molecule has 1 atom stereocenters. The van der Waals surface area contributed by atoms with E-state index in [0.717, 1.165) is 30.6 Å². The first-order valence-corrected chi connectivity index (χ1v) is 8.52. The van der Waals surface area contributed by atoms with Gasteiger partial charge in [-0.1, -0.05) is 6.07 Å². The minimum atomic E-state index is -0.0493. The van der Waals surface area contributed by atoms with Crippen LogP contribution in [0.4, 0.5) is 0 Å². The van der Waals surface area contributed by atoms with Gasteiger partial charge in [-0.25, -0.2) is 0 Å². The number of hydrogen-bond acceptors (Lipinski definition) is 4. The van der Waals surface area contributed by atoms with Crippen molar-refractivity contribution in [1.82, 2.24) is 19.5 Å². The van der Waals surface area contributed by atoms with Gasteiger partial charge >= 0.3 is 0 Å². The molecule has 0 radical (unpaired) electrons. The zero-order chi connectivity index (χ0) is 17.2. The van der Waals surface area contributed by atoms with E-state index in [1.807, 2.05) is 65.0 Å². The number of amides is 1. The second-order valence-corrected chi connectivity index (χ2v) is 6.41. The molecule has 1 aliphatic rings. The first-order valence-electron chi connectivity index (χ1n) is 8.52.